The molecule has 2 N–H and O–H groups in total. The first-order valence-corrected chi connectivity index (χ1v) is 6.47. The summed E-state index contributed by atoms with van der Waals surface area (Å²) in [5.74, 6) is 0.744. The molecule has 3 nitrogen and oxygen atoms in total. The predicted molar refractivity (Wildman–Crippen MR) is 72.3 cm³/mol. The van der Waals surface area contributed by atoms with Crippen LogP contribution in [0.1, 0.15) is 12.5 Å². The van der Waals surface area contributed by atoms with E-state index < -0.39 is 0 Å². The van der Waals surface area contributed by atoms with Gasteiger partial charge in [0.1, 0.15) is 5.82 Å². The van der Waals surface area contributed by atoms with Gasteiger partial charge < -0.3 is 5.73 Å². The summed E-state index contributed by atoms with van der Waals surface area (Å²) in [6.45, 7) is 2.16. The minimum absolute atomic E-state index is 0.744. The van der Waals surface area contributed by atoms with Crippen LogP contribution in [-0.4, -0.2) is 9.38 Å². The molecule has 0 unspecified atom stereocenters. The highest BCUT2D eigenvalue weighted by atomic mass is 32.1. The summed E-state index contributed by atoms with van der Waals surface area (Å²) < 4.78 is 1.92. The van der Waals surface area contributed by atoms with Gasteiger partial charge in [0, 0.05) is 17.1 Å². The topological polar surface area (TPSA) is 43.3 Å². The minimum atomic E-state index is 0.744. The summed E-state index contributed by atoms with van der Waals surface area (Å²) in [5, 5.41) is 1.91. The Morgan fingerprint density at radius 2 is 2.06 bits per heavy atom. The second-order valence-corrected chi connectivity index (χ2v) is 4.83. The molecule has 17 heavy (non-hydrogen) atoms. The number of nitrogens with zero attached hydrogens (tertiary/aromatic N) is 2. The molecular weight excluding hydrogens is 230 g/mol. The lowest BCUT2D eigenvalue weighted by molar-refractivity contribution is 1.14. The first kappa shape index (κ1) is 10.4. The van der Waals surface area contributed by atoms with Gasteiger partial charge in [-0.2, -0.15) is 0 Å². The Hall–Kier alpha value is -1.81. The van der Waals surface area contributed by atoms with E-state index in [-0.39, 0.29) is 0 Å². The molecule has 0 atom stereocenters. The van der Waals surface area contributed by atoms with Gasteiger partial charge in [-0.3, -0.25) is 4.40 Å². The van der Waals surface area contributed by atoms with Crippen molar-refractivity contribution in [2.24, 2.45) is 0 Å². The molecule has 2 heterocycles. The van der Waals surface area contributed by atoms with Crippen molar-refractivity contribution in [3.63, 3.8) is 0 Å². The number of benzene rings is 1. The van der Waals surface area contributed by atoms with Crippen LogP contribution < -0.4 is 5.73 Å². The Bertz CT molecular complexity index is 649. The summed E-state index contributed by atoms with van der Waals surface area (Å²) in [6.07, 6.45) is 3.05. The van der Waals surface area contributed by atoms with E-state index in [2.05, 4.69) is 36.2 Å². The zero-order valence-electron chi connectivity index (χ0n) is 9.55. The van der Waals surface area contributed by atoms with Gasteiger partial charge in [-0.25, -0.2) is 4.98 Å². The Morgan fingerprint density at radius 3 is 2.71 bits per heavy atom. The quantitative estimate of drug-likeness (QED) is 0.751. The lowest BCUT2D eigenvalue weighted by atomic mass is 10.1. The van der Waals surface area contributed by atoms with Crippen molar-refractivity contribution >= 4 is 22.1 Å². The van der Waals surface area contributed by atoms with Crippen LogP contribution in [0.15, 0.2) is 35.8 Å². The number of thiazole rings is 1. The Balaban J connectivity index is 2.07. The standard InChI is InChI=1S/C13H13N3S/c1-2-9-3-5-10(6-4-9)11-7-16-12(14)8-17-13(16)15-11/h3-8H,2,14H2,1H3. The van der Waals surface area contributed by atoms with Gasteiger partial charge >= 0.3 is 0 Å². The van der Waals surface area contributed by atoms with Gasteiger partial charge in [-0.1, -0.05) is 31.2 Å². The molecule has 3 aromatic rings. The van der Waals surface area contributed by atoms with Crippen molar-refractivity contribution in [1.29, 1.82) is 0 Å². The number of nitrogens with two attached hydrogens (primary N) is 1. The van der Waals surface area contributed by atoms with E-state index in [4.69, 9.17) is 5.73 Å². The maximum atomic E-state index is 5.85. The number of fused-ring (bicyclic) bond motifs is 1. The van der Waals surface area contributed by atoms with Crippen molar-refractivity contribution in [2.45, 2.75) is 13.3 Å². The fraction of sp³-hybridized carbons (Fsp3) is 0.154. The number of rotatable bonds is 2. The van der Waals surface area contributed by atoms with E-state index in [1.165, 1.54) is 5.56 Å². The lowest BCUT2D eigenvalue weighted by Crippen LogP contribution is -1.87. The molecule has 0 saturated carbocycles. The van der Waals surface area contributed by atoms with Crippen molar-refractivity contribution in [2.75, 3.05) is 5.73 Å². The van der Waals surface area contributed by atoms with Gasteiger partial charge in [0.2, 0.25) is 0 Å². The normalized spacial score (nSPS) is 11.1. The largest absolute Gasteiger partial charge is 0.384 e. The molecule has 1 aromatic carbocycles. The summed E-state index contributed by atoms with van der Waals surface area (Å²) in [5.41, 5.74) is 9.30. The first-order chi connectivity index (χ1) is 8.28. The molecule has 0 aliphatic carbocycles. The molecule has 3 rings (SSSR count). The van der Waals surface area contributed by atoms with Crippen molar-refractivity contribution in [3.05, 3.63) is 41.4 Å². The van der Waals surface area contributed by atoms with Crippen LogP contribution in [0.25, 0.3) is 16.2 Å². The number of imidazole rings is 1. The summed E-state index contributed by atoms with van der Waals surface area (Å²) >= 11 is 1.56. The van der Waals surface area contributed by atoms with Gasteiger partial charge in [0.15, 0.2) is 4.96 Å². The van der Waals surface area contributed by atoms with Crippen LogP contribution in [0.5, 0.6) is 0 Å². The Morgan fingerprint density at radius 1 is 1.29 bits per heavy atom. The second kappa shape index (κ2) is 3.89. The second-order valence-electron chi connectivity index (χ2n) is 3.99. The highest BCUT2D eigenvalue weighted by molar-refractivity contribution is 7.15. The average Bonchev–Trinajstić information content (AvgIpc) is 2.92. The lowest BCUT2D eigenvalue weighted by Gasteiger charge is -1.98. The van der Waals surface area contributed by atoms with Crippen LogP contribution in [0.2, 0.25) is 0 Å². The number of anilines is 1. The minimum Gasteiger partial charge on any atom is -0.384 e. The molecule has 0 saturated heterocycles. The molecular formula is C13H13N3S. The molecule has 4 heteroatoms. The summed E-state index contributed by atoms with van der Waals surface area (Å²) in [4.78, 5) is 5.50. The Labute approximate surface area is 104 Å². The number of aryl methyl sites for hydroxylation is 1. The first-order valence-electron chi connectivity index (χ1n) is 5.59. The SMILES string of the molecule is CCc1ccc(-c2cn3c(N)csc3n2)cc1. The van der Waals surface area contributed by atoms with E-state index >= 15 is 0 Å². The molecule has 0 spiro atoms. The molecule has 86 valence electrons. The molecule has 0 fully saturated rings. The maximum Gasteiger partial charge on any atom is 0.195 e. The molecule has 0 amide bonds. The number of hydrogen-bond acceptors (Lipinski definition) is 3. The summed E-state index contributed by atoms with van der Waals surface area (Å²) in [6, 6.07) is 8.52. The fourth-order valence-corrected chi connectivity index (χ4v) is 2.61. The van der Waals surface area contributed by atoms with Crippen LogP contribution in [0, 0.1) is 0 Å². The predicted octanol–water partition coefficient (Wildman–Crippen LogP) is 3.21. The van der Waals surface area contributed by atoms with Gasteiger partial charge in [0.05, 0.1) is 5.69 Å². The van der Waals surface area contributed by atoms with Crippen molar-refractivity contribution in [3.8, 4) is 11.3 Å². The molecule has 0 bridgehead atoms. The molecule has 0 aliphatic rings. The monoisotopic (exact) mass is 243 g/mol. The van der Waals surface area contributed by atoms with E-state index in [0.717, 1.165) is 28.5 Å². The number of aromatic nitrogens is 2. The third-order valence-electron chi connectivity index (χ3n) is 2.89. The molecule has 0 radical (unpaired) electrons. The zero-order chi connectivity index (χ0) is 11.8. The van der Waals surface area contributed by atoms with E-state index in [1.54, 1.807) is 11.3 Å². The molecule has 0 aliphatic heterocycles. The average molecular weight is 243 g/mol. The third kappa shape index (κ3) is 1.70. The number of nitrogen functional groups attached to an aromatic ring is 1. The molecule has 2 aromatic heterocycles. The fourth-order valence-electron chi connectivity index (χ4n) is 1.85. The smallest absolute Gasteiger partial charge is 0.195 e. The van der Waals surface area contributed by atoms with Crippen LogP contribution >= 0.6 is 11.3 Å². The van der Waals surface area contributed by atoms with Gasteiger partial charge in [-0.15, -0.1) is 11.3 Å². The van der Waals surface area contributed by atoms with Crippen molar-refractivity contribution < 1.29 is 0 Å². The Kier molecular flexibility index (Phi) is 2.37. The van der Waals surface area contributed by atoms with E-state index in [9.17, 15) is 0 Å². The number of hydrogen-bond donors (Lipinski definition) is 1. The van der Waals surface area contributed by atoms with Crippen LogP contribution in [0.3, 0.4) is 0 Å². The van der Waals surface area contributed by atoms with Crippen LogP contribution in [0.4, 0.5) is 5.82 Å². The van der Waals surface area contributed by atoms with E-state index in [0.29, 0.717) is 0 Å². The van der Waals surface area contributed by atoms with Crippen molar-refractivity contribution in [1.82, 2.24) is 9.38 Å². The zero-order valence-corrected chi connectivity index (χ0v) is 10.4. The third-order valence-corrected chi connectivity index (χ3v) is 3.75. The van der Waals surface area contributed by atoms with Gasteiger partial charge in [0.25, 0.3) is 0 Å². The highest BCUT2D eigenvalue weighted by Gasteiger charge is 2.07. The van der Waals surface area contributed by atoms with E-state index in [1.807, 2.05) is 16.0 Å². The highest BCUT2D eigenvalue weighted by Crippen LogP contribution is 2.24. The summed E-state index contributed by atoms with van der Waals surface area (Å²) in [7, 11) is 0. The van der Waals surface area contributed by atoms with Gasteiger partial charge in [-0.05, 0) is 12.0 Å². The maximum absolute atomic E-state index is 5.85. The van der Waals surface area contributed by atoms with Crippen LogP contribution in [-0.2, 0) is 6.42 Å².